The lowest BCUT2D eigenvalue weighted by atomic mass is 10.2. The molecule has 2 amide bonds. The molecule has 0 saturated heterocycles. The van der Waals surface area contributed by atoms with E-state index in [0.717, 1.165) is 0 Å². The molecule has 0 unspecified atom stereocenters. The molecule has 0 spiro atoms. The fourth-order valence-electron chi connectivity index (χ4n) is 2.72. The van der Waals surface area contributed by atoms with Gasteiger partial charge >= 0.3 is 0 Å². The summed E-state index contributed by atoms with van der Waals surface area (Å²) in [7, 11) is 0. The van der Waals surface area contributed by atoms with Crippen LogP contribution in [0.4, 0.5) is 5.69 Å². The Morgan fingerprint density at radius 2 is 1.76 bits per heavy atom. The summed E-state index contributed by atoms with van der Waals surface area (Å²) >= 11 is 25.0. The Hall–Kier alpha value is -2.23. The zero-order chi connectivity index (χ0) is 24.0. The van der Waals surface area contributed by atoms with Gasteiger partial charge in [0, 0.05) is 27.8 Å². The number of aromatic nitrogens is 3. The number of anilines is 1. The van der Waals surface area contributed by atoms with Crippen molar-refractivity contribution in [1.29, 1.82) is 0 Å². The summed E-state index contributed by atoms with van der Waals surface area (Å²) < 4.78 is 1.76. The van der Waals surface area contributed by atoms with Crippen molar-refractivity contribution in [3.63, 3.8) is 0 Å². The lowest BCUT2D eigenvalue weighted by Gasteiger charge is -2.10. The molecule has 3 aromatic rings. The largest absolute Gasteiger partial charge is 0.345 e. The van der Waals surface area contributed by atoms with E-state index in [0.29, 0.717) is 43.8 Å². The van der Waals surface area contributed by atoms with Crippen molar-refractivity contribution in [3.8, 4) is 0 Å². The highest BCUT2D eigenvalue weighted by molar-refractivity contribution is 7.99. The SMILES string of the molecule is C=CCn1c(CNC(=O)c2ccc(Cl)c(Cl)c2)nnc1SCC(=O)Nc1cc(Cl)cc(Cl)c1. The first-order valence-electron chi connectivity index (χ1n) is 9.41. The molecule has 2 N–H and O–H groups in total. The molecular formula is C21H17Cl4N5O2S. The Morgan fingerprint density at radius 3 is 2.42 bits per heavy atom. The van der Waals surface area contributed by atoms with Gasteiger partial charge in [-0.1, -0.05) is 64.2 Å². The van der Waals surface area contributed by atoms with Crippen molar-refractivity contribution in [2.24, 2.45) is 0 Å². The van der Waals surface area contributed by atoms with E-state index in [1.807, 2.05) is 0 Å². The molecule has 0 bridgehead atoms. The highest BCUT2D eigenvalue weighted by atomic mass is 35.5. The van der Waals surface area contributed by atoms with E-state index < -0.39 is 0 Å². The second-order valence-electron chi connectivity index (χ2n) is 6.60. The van der Waals surface area contributed by atoms with Gasteiger partial charge in [0.25, 0.3) is 5.91 Å². The number of carbonyl (C=O) groups excluding carboxylic acids is 2. The van der Waals surface area contributed by atoms with Gasteiger partial charge < -0.3 is 15.2 Å². The van der Waals surface area contributed by atoms with Gasteiger partial charge in [0.1, 0.15) is 0 Å². The number of thioether (sulfide) groups is 1. The van der Waals surface area contributed by atoms with Crippen molar-refractivity contribution < 1.29 is 9.59 Å². The van der Waals surface area contributed by atoms with Gasteiger partial charge in [0.05, 0.1) is 22.3 Å². The first kappa shape index (κ1) is 25.4. The molecule has 3 rings (SSSR count). The van der Waals surface area contributed by atoms with Crippen molar-refractivity contribution in [3.05, 3.63) is 80.5 Å². The molecule has 172 valence electrons. The number of nitrogens with zero attached hydrogens (tertiary/aromatic N) is 3. The number of carbonyl (C=O) groups is 2. The molecule has 0 aliphatic carbocycles. The molecule has 1 aromatic heterocycles. The molecule has 7 nitrogen and oxygen atoms in total. The predicted molar refractivity (Wildman–Crippen MR) is 134 cm³/mol. The summed E-state index contributed by atoms with van der Waals surface area (Å²) in [6.45, 7) is 4.26. The minimum absolute atomic E-state index is 0.0784. The fraction of sp³-hybridized carbons (Fsp3) is 0.143. The third kappa shape index (κ3) is 7.12. The molecule has 2 aromatic carbocycles. The summed E-state index contributed by atoms with van der Waals surface area (Å²) in [6, 6.07) is 9.39. The molecule has 0 saturated carbocycles. The second kappa shape index (κ2) is 11.8. The summed E-state index contributed by atoms with van der Waals surface area (Å²) in [4.78, 5) is 24.8. The monoisotopic (exact) mass is 543 g/mol. The number of allylic oxidation sites excluding steroid dienone is 1. The van der Waals surface area contributed by atoms with Crippen molar-refractivity contribution in [1.82, 2.24) is 20.1 Å². The third-order valence-corrected chi connectivity index (χ3v) is 6.31. The molecule has 0 fully saturated rings. The van der Waals surface area contributed by atoms with E-state index in [4.69, 9.17) is 46.4 Å². The van der Waals surface area contributed by atoms with Gasteiger partial charge in [0.15, 0.2) is 11.0 Å². The number of amides is 2. The maximum Gasteiger partial charge on any atom is 0.251 e. The zero-order valence-electron chi connectivity index (χ0n) is 16.9. The highest BCUT2D eigenvalue weighted by Crippen LogP contribution is 2.24. The van der Waals surface area contributed by atoms with E-state index in [1.165, 1.54) is 17.8 Å². The van der Waals surface area contributed by atoms with Gasteiger partial charge in [0.2, 0.25) is 5.91 Å². The van der Waals surface area contributed by atoms with Crippen molar-refractivity contribution >= 4 is 75.7 Å². The molecule has 1 heterocycles. The quantitative estimate of drug-likeness (QED) is 0.265. The normalized spacial score (nSPS) is 10.7. The van der Waals surface area contributed by atoms with Gasteiger partial charge in [-0.15, -0.1) is 16.8 Å². The van der Waals surface area contributed by atoms with Crippen molar-refractivity contribution in [2.45, 2.75) is 18.2 Å². The number of nitrogens with one attached hydrogen (secondary N) is 2. The molecule has 0 radical (unpaired) electrons. The van der Waals surface area contributed by atoms with E-state index in [9.17, 15) is 9.59 Å². The van der Waals surface area contributed by atoms with Gasteiger partial charge in [-0.05, 0) is 36.4 Å². The standard InChI is InChI=1S/C21H17Cl4N5O2S/c1-2-5-30-18(10-26-20(32)12-3-4-16(24)17(25)6-12)28-29-21(30)33-11-19(31)27-15-8-13(22)7-14(23)9-15/h2-4,6-9H,1,5,10-11H2,(H,26,32)(H,27,31). The maximum atomic E-state index is 12.4. The predicted octanol–water partition coefficient (Wildman–Crippen LogP) is 5.74. The first-order valence-corrected chi connectivity index (χ1v) is 11.9. The molecular weight excluding hydrogens is 528 g/mol. The summed E-state index contributed by atoms with van der Waals surface area (Å²) in [6.07, 6.45) is 1.67. The van der Waals surface area contributed by atoms with Crippen LogP contribution < -0.4 is 10.6 Å². The number of benzene rings is 2. The number of rotatable bonds is 9. The first-order chi connectivity index (χ1) is 15.8. The zero-order valence-corrected chi connectivity index (χ0v) is 20.8. The molecule has 0 atom stereocenters. The Bertz CT molecular complexity index is 1180. The van der Waals surface area contributed by atoms with Gasteiger partial charge in [-0.25, -0.2) is 0 Å². The van der Waals surface area contributed by atoms with E-state index in [-0.39, 0.29) is 29.1 Å². The average molecular weight is 545 g/mol. The number of halogens is 4. The third-order valence-electron chi connectivity index (χ3n) is 4.17. The van der Waals surface area contributed by atoms with Gasteiger partial charge in [-0.2, -0.15) is 0 Å². The lowest BCUT2D eigenvalue weighted by Crippen LogP contribution is -2.25. The Labute approximate surface area is 214 Å². The Balaban J connectivity index is 1.62. The highest BCUT2D eigenvalue weighted by Gasteiger charge is 2.15. The smallest absolute Gasteiger partial charge is 0.251 e. The van der Waals surface area contributed by atoms with Crippen LogP contribution in [0, 0.1) is 0 Å². The van der Waals surface area contributed by atoms with E-state index in [1.54, 1.807) is 41.0 Å². The average Bonchev–Trinajstić information content (AvgIpc) is 3.13. The van der Waals surface area contributed by atoms with E-state index >= 15 is 0 Å². The lowest BCUT2D eigenvalue weighted by molar-refractivity contribution is -0.113. The molecule has 12 heteroatoms. The van der Waals surface area contributed by atoms with Crippen LogP contribution in [0.1, 0.15) is 16.2 Å². The number of hydrogen-bond acceptors (Lipinski definition) is 5. The van der Waals surface area contributed by atoms with Crippen LogP contribution in [-0.2, 0) is 17.9 Å². The fourth-order valence-corrected chi connectivity index (χ4v) is 4.31. The van der Waals surface area contributed by atoms with E-state index in [2.05, 4.69) is 27.4 Å². The van der Waals surface area contributed by atoms with Gasteiger partial charge in [-0.3, -0.25) is 9.59 Å². The Kier molecular flexibility index (Phi) is 9.05. The molecule has 0 aliphatic heterocycles. The number of hydrogen-bond donors (Lipinski definition) is 2. The minimum Gasteiger partial charge on any atom is -0.345 e. The van der Waals surface area contributed by atoms with Crippen LogP contribution >= 0.6 is 58.2 Å². The molecule has 0 aliphatic rings. The van der Waals surface area contributed by atoms with Crippen molar-refractivity contribution in [2.75, 3.05) is 11.1 Å². The summed E-state index contributed by atoms with van der Waals surface area (Å²) in [5.74, 6) is -0.0148. The van der Waals surface area contributed by atoms with Crippen LogP contribution in [0.5, 0.6) is 0 Å². The minimum atomic E-state index is -0.338. The van der Waals surface area contributed by atoms with Crippen LogP contribution in [0.25, 0.3) is 0 Å². The summed E-state index contributed by atoms with van der Waals surface area (Å²) in [5.41, 5.74) is 0.864. The second-order valence-corrected chi connectivity index (χ2v) is 9.23. The molecule has 33 heavy (non-hydrogen) atoms. The van der Waals surface area contributed by atoms with Crippen LogP contribution in [0.2, 0.25) is 20.1 Å². The Morgan fingerprint density at radius 1 is 1.03 bits per heavy atom. The summed E-state index contributed by atoms with van der Waals surface area (Å²) in [5, 5.41) is 15.8. The van der Waals surface area contributed by atoms with Crippen LogP contribution in [0.15, 0.2) is 54.2 Å². The van der Waals surface area contributed by atoms with Crippen LogP contribution in [0.3, 0.4) is 0 Å². The van der Waals surface area contributed by atoms with Crippen LogP contribution in [-0.4, -0.2) is 32.3 Å². The topological polar surface area (TPSA) is 88.9 Å². The maximum absolute atomic E-state index is 12.4.